The van der Waals surface area contributed by atoms with Crippen molar-refractivity contribution < 1.29 is 28.9 Å². The number of rotatable bonds is 8. The van der Waals surface area contributed by atoms with Gasteiger partial charge in [0.15, 0.2) is 17.8 Å². The van der Waals surface area contributed by atoms with Crippen LogP contribution in [0.5, 0.6) is 17.2 Å². The second-order valence-electron chi connectivity index (χ2n) is 9.55. The first-order valence-electron chi connectivity index (χ1n) is 12.7. The summed E-state index contributed by atoms with van der Waals surface area (Å²) >= 11 is 0. The highest BCUT2D eigenvalue weighted by Crippen LogP contribution is 2.32. The summed E-state index contributed by atoms with van der Waals surface area (Å²) in [4.78, 5) is 40.2. The van der Waals surface area contributed by atoms with Gasteiger partial charge < -0.3 is 33.7 Å². The smallest absolute Gasteiger partial charge is 0.407 e. The molecule has 1 amide bonds. The number of aromatic nitrogens is 1. The number of likely N-dealkylation sites (tertiary alicyclic amines) is 1. The monoisotopic (exact) mass is 521 g/mol. The van der Waals surface area contributed by atoms with Gasteiger partial charge in [0.05, 0.1) is 12.6 Å². The Morgan fingerprint density at radius 1 is 1.08 bits per heavy atom. The maximum atomic E-state index is 12.7. The highest BCUT2D eigenvalue weighted by molar-refractivity contribution is 5.97. The summed E-state index contributed by atoms with van der Waals surface area (Å²) in [5, 5.41) is 10.6. The van der Waals surface area contributed by atoms with Crippen molar-refractivity contribution >= 4 is 23.3 Å². The number of hydrogen-bond acceptors (Lipinski definition) is 7. The van der Waals surface area contributed by atoms with Crippen molar-refractivity contribution in [2.24, 2.45) is 0 Å². The third-order valence-corrected chi connectivity index (χ3v) is 7.32. The molecule has 0 radical (unpaired) electrons. The molecule has 5 rings (SSSR count). The molecular formula is C28H31N3O7. The van der Waals surface area contributed by atoms with Crippen LogP contribution in [0, 0.1) is 0 Å². The first-order chi connectivity index (χ1) is 18.5. The molecule has 200 valence electrons. The van der Waals surface area contributed by atoms with Crippen LogP contribution < -0.4 is 19.8 Å². The van der Waals surface area contributed by atoms with Gasteiger partial charge in [-0.2, -0.15) is 0 Å². The molecular weight excluding hydrogens is 490 g/mol. The third-order valence-electron chi connectivity index (χ3n) is 7.32. The lowest BCUT2D eigenvalue weighted by Crippen LogP contribution is -2.47. The molecule has 1 saturated heterocycles. The Morgan fingerprint density at radius 3 is 2.55 bits per heavy atom. The van der Waals surface area contributed by atoms with Crippen LogP contribution in [0.4, 0.5) is 4.79 Å². The number of pyridine rings is 1. The van der Waals surface area contributed by atoms with E-state index in [1.807, 2.05) is 18.2 Å². The van der Waals surface area contributed by atoms with Crippen molar-refractivity contribution in [2.45, 2.75) is 32.0 Å². The number of benzene rings is 2. The molecule has 0 spiro atoms. The van der Waals surface area contributed by atoms with Gasteiger partial charge in [0.2, 0.25) is 0 Å². The van der Waals surface area contributed by atoms with E-state index in [1.165, 1.54) is 18.1 Å². The van der Waals surface area contributed by atoms with Crippen molar-refractivity contribution in [3.05, 3.63) is 63.9 Å². The summed E-state index contributed by atoms with van der Waals surface area (Å²) in [5.41, 5.74) is 1.85. The lowest BCUT2D eigenvalue weighted by molar-refractivity contribution is 0.0855. The summed E-state index contributed by atoms with van der Waals surface area (Å²) < 4.78 is 18.2. The van der Waals surface area contributed by atoms with Gasteiger partial charge in [0.25, 0.3) is 5.56 Å². The number of hydrogen-bond donors (Lipinski definition) is 1. The molecule has 2 aliphatic heterocycles. The maximum Gasteiger partial charge on any atom is 0.407 e. The fraction of sp³-hybridized carbons (Fsp3) is 0.393. The van der Waals surface area contributed by atoms with Crippen LogP contribution in [0.15, 0.2) is 47.3 Å². The van der Waals surface area contributed by atoms with Crippen molar-refractivity contribution in [3.8, 4) is 17.2 Å². The van der Waals surface area contributed by atoms with E-state index in [0.29, 0.717) is 72.9 Å². The Kier molecular flexibility index (Phi) is 7.50. The predicted octanol–water partition coefficient (Wildman–Crippen LogP) is 3.24. The summed E-state index contributed by atoms with van der Waals surface area (Å²) in [6.45, 7) is 3.79. The minimum Gasteiger partial charge on any atom is -0.497 e. The van der Waals surface area contributed by atoms with Gasteiger partial charge >= 0.3 is 6.09 Å². The number of fused-ring (bicyclic) bond motifs is 2. The van der Waals surface area contributed by atoms with Gasteiger partial charge in [0.1, 0.15) is 19.0 Å². The standard InChI is InChI=1S/C28H31N3O7/c1-36-22-15-20(18-32)23-3-5-27(33)30(24(23)16-22)11-10-29-8-6-21(7-9-29)31(28(34)35)17-19-2-4-25-26(14-19)38-13-12-37-25/h2-5,14-16,18,21H,6-13,17H2,1H3,(H,34,35). The highest BCUT2D eigenvalue weighted by Gasteiger charge is 2.28. The van der Waals surface area contributed by atoms with Gasteiger partial charge in [-0.05, 0) is 42.7 Å². The van der Waals surface area contributed by atoms with Gasteiger partial charge in [-0.25, -0.2) is 4.79 Å². The minimum atomic E-state index is -0.944. The van der Waals surface area contributed by atoms with Crippen LogP contribution in [-0.4, -0.2) is 77.9 Å². The van der Waals surface area contributed by atoms with E-state index in [-0.39, 0.29) is 18.1 Å². The van der Waals surface area contributed by atoms with Crippen LogP contribution in [0.3, 0.4) is 0 Å². The average Bonchev–Trinajstić information content (AvgIpc) is 2.94. The molecule has 0 bridgehead atoms. The molecule has 2 aliphatic rings. The van der Waals surface area contributed by atoms with Crippen LogP contribution >= 0.6 is 0 Å². The molecule has 1 N–H and O–H groups in total. The van der Waals surface area contributed by atoms with E-state index in [9.17, 15) is 19.5 Å². The van der Waals surface area contributed by atoms with Crippen LogP contribution in [0.2, 0.25) is 0 Å². The minimum absolute atomic E-state index is 0.100. The normalized spacial score (nSPS) is 15.8. The molecule has 3 aromatic rings. The fourth-order valence-corrected chi connectivity index (χ4v) is 5.28. The molecule has 10 nitrogen and oxygen atoms in total. The van der Waals surface area contributed by atoms with Gasteiger partial charge in [-0.1, -0.05) is 6.07 Å². The third kappa shape index (κ3) is 5.31. The summed E-state index contributed by atoms with van der Waals surface area (Å²) in [7, 11) is 1.53. The molecule has 0 atom stereocenters. The van der Waals surface area contributed by atoms with E-state index in [1.54, 1.807) is 22.8 Å². The summed E-state index contributed by atoms with van der Waals surface area (Å²) in [6.07, 6.45) is 1.22. The average molecular weight is 522 g/mol. The largest absolute Gasteiger partial charge is 0.497 e. The lowest BCUT2D eigenvalue weighted by Gasteiger charge is -2.37. The zero-order valence-corrected chi connectivity index (χ0v) is 21.3. The quantitative estimate of drug-likeness (QED) is 0.450. The summed E-state index contributed by atoms with van der Waals surface area (Å²) in [6, 6.07) is 12.1. The van der Waals surface area contributed by atoms with Gasteiger partial charge in [0, 0.05) is 61.8 Å². The van der Waals surface area contributed by atoms with Crippen LogP contribution in [0.25, 0.3) is 10.9 Å². The number of amides is 1. The molecule has 1 fully saturated rings. The van der Waals surface area contributed by atoms with E-state index >= 15 is 0 Å². The first kappa shape index (κ1) is 25.6. The molecule has 0 unspecified atom stereocenters. The molecule has 10 heteroatoms. The van der Waals surface area contributed by atoms with E-state index in [4.69, 9.17) is 14.2 Å². The molecule has 3 heterocycles. The molecule has 38 heavy (non-hydrogen) atoms. The molecule has 0 saturated carbocycles. The fourth-order valence-electron chi connectivity index (χ4n) is 5.28. The zero-order valence-electron chi connectivity index (χ0n) is 21.3. The lowest BCUT2D eigenvalue weighted by atomic mass is 10.0. The van der Waals surface area contributed by atoms with Crippen LogP contribution in [-0.2, 0) is 13.1 Å². The van der Waals surface area contributed by atoms with Crippen molar-refractivity contribution in [1.82, 2.24) is 14.4 Å². The van der Waals surface area contributed by atoms with Crippen LogP contribution in [0.1, 0.15) is 28.8 Å². The van der Waals surface area contributed by atoms with E-state index in [2.05, 4.69) is 4.90 Å². The van der Waals surface area contributed by atoms with E-state index in [0.717, 1.165) is 24.9 Å². The van der Waals surface area contributed by atoms with Crippen molar-refractivity contribution in [2.75, 3.05) is 40.0 Å². The molecule has 2 aromatic carbocycles. The Balaban J connectivity index is 1.23. The number of carboxylic acid groups (broad SMARTS) is 1. The predicted molar refractivity (Wildman–Crippen MR) is 141 cm³/mol. The zero-order chi connectivity index (χ0) is 26.6. The number of carbonyl (C=O) groups excluding carboxylic acids is 1. The number of aldehydes is 1. The molecule has 1 aromatic heterocycles. The van der Waals surface area contributed by atoms with E-state index < -0.39 is 6.09 Å². The summed E-state index contributed by atoms with van der Waals surface area (Å²) in [5.74, 6) is 1.85. The number of methoxy groups -OCH3 is 1. The SMILES string of the molecule is COc1cc(C=O)c2ccc(=O)n(CCN3CCC(N(Cc4ccc5c(c4)OCCO5)C(=O)O)CC3)c2c1. The molecule has 0 aliphatic carbocycles. The number of nitrogens with zero attached hydrogens (tertiary/aromatic N) is 3. The first-order valence-corrected chi connectivity index (χ1v) is 12.7. The number of ether oxygens (including phenoxy) is 3. The van der Waals surface area contributed by atoms with Crippen molar-refractivity contribution in [1.29, 1.82) is 0 Å². The van der Waals surface area contributed by atoms with Gasteiger partial charge in [-0.3, -0.25) is 9.59 Å². The van der Waals surface area contributed by atoms with Gasteiger partial charge in [-0.15, -0.1) is 0 Å². The number of piperidine rings is 1. The Morgan fingerprint density at radius 2 is 1.84 bits per heavy atom. The van der Waals surface area contributed by atoms with Crippen molar-refractivity contribution in [3.63, 3.8) is 0 Å². The second-order valence-corrected chi connectivity index (χ2v) is 9.55. The Labute approximate surface area is 219 Å². The second kappa shape index (κ2) is 11.1. The maximum absolute atomic E-state index is 12.7. The topological polar surface area (TPSA) is 111 Å². The highest BCUT2D eigenvalue weighted by atomic mass is 16.6. The Hall–Kier alpha value is -4.05. The Bertz CT molecular complexity index is 1400. The number of carbonyl (C=O) groups is 2.